The Labute approximate surface area is 205 Å². The number of aliphatic hydroxyl groups excluding tert-OH is 1. The molecular weight excluding hydrogens is 468 g/mol. The molecular formula is C26H30N2O6S. The molecule has 0 saturated carbocycles. The van der Waals surface area contributed by atoms with Crippen molar-refractivity contribution in [2.45, 2.75) is 17.4 Å². The van der Waals surface area contributed by atoms with Gasteiger partial charge in [0.1, 0.15) is 18.5 Å². The molecule has 0 spiro atoms. The third kappa shape index (κ3) is 5.54. The summed E-state index contributed by atoms with van der Waals surface area (Å²) in [5.74, 6) is 1.76. The second kappa shape index (κ2) is 10.4. The standard InChI is InChI=1S/C26H30N2O6S/c29-22(19-34-23-7-6-20-4-1-2-5-21(20)16-23)18-27-10-12-28(13-11-27)35(30,31)24-8-9-25-26(17-24)33-15-3-14-32-25/h1-2,4-9,16-17,22,29H,3,10-15,18-19H2. The fourth-order valence-electron chi connectivity index (χ4n) is 4.41. The number of fused-ring (bicyclic) bond motifs is 2. The van der Waals surface area contributed by atoms with E-state index < -0.39 is 16.1 Å². The van der Waals surface area contributed by atoms with Crippen molar-refractivity contribution in [3.8, 4) is 17.2 Å². The molecule has 0 bridgehead atoms. The Bertz CT molecular complexity index is 1270. The highest BCUT2D eigenvalue weighted by atomic mass is 32.2. The van der Waals surface area contributed by atoms with Crippen LogP contribution in [-0.2, 0) is 10.0 Å². The molecule has 3 aromatic rings. The van der Waals surface area contributed by atoms with Crippen LogP contribution >= 0.6 is 0 Å². The van der Waals surface area contributed by atoms with Gasteiger partial charge in [0, 0.05) is 45.2 Å². The molecule has 1 fully saturated rings. The van der Waals surface area contributed by atoms with Crippen LogP contribution in [0.3, 0.4) is 0 Å². The smallest absolute Gasteiger partial charge is 0.243 e. The number of aliphatic hydroxyl groups is 1. The van der Waals surface area contributed by atoms with Crippen LogP contribution in [0.5, 0.6) is 17.2 Å². The van der Waals surface area contributed by atoms with Gasteiger partial charge in [-0.3, -0.25) is 4.90 Å². The number of ether oxygens (including phenoxy) is 3. The van der Waals surface area contributed by atoms with Gasteiger partial charge < -0.3 is 19.3 Å². The van der Waals surface area contributed by atoms with Crippen molar-refractivity contribution in [3.63, 3.8) is 0 Å². The summed E-state index contributed by atoms with van der Waals surface area (Å²) in [6, 6.07) is 18.7. The summed E-state index contributed by atoms with van der Waals surface area (Å²) in [4.78, 5) is 2.27. The second-order valence-corrected chi connectivity index (χ2v) is 10.8. The lowest BCUT2D eigenvalue weighted by Gasteiger charge is -2.34. The summed E-state index contributed by atoms with van der Waals surface area (Å²) < 4.78 is 44.9. The van der Waals surface area contributed by atoms with Crippen LogP contribution in [0.15, 0.2) is 65.6 Å². The zero-order valence-electron chi connectivity index (χ0n) is 19.5. The van der Waals surface area contributed by atoms with Crippen LogP contribution in [0.4, 0.5) is 0 Å². The lowest BCUT2D eigenvalue weighted by Crippen LogP contribution is -2.50. The maximum absolute atomic E-state index is 13.2. The predicted molar refractivity (Wildman–Crippen MR) is 133 cm³/mol. The Balaban J connectivity index is 1.13. The molecule has 0 aliphatic carbocycles. The quantitative estimate of drug-likeness (QED) is 0.536. The average molecular weight is 499 g/mol. The normalized spacial score (nSPS) is 18.2. The first-order chi connectivity index (χ1) is 17.0. The third-order valence-corrected chi connectivity index (χ3v) is 8.21. The van der Waals surface area contributed by atoms with E-state index in [0.29, 0.717) is 63.2 Å². The molecule has 0 aromatic heterocycles. The van der Waals surface area contributed by atoms with Gasteiger partial charge in [-0.1, -0.05) is 30.3 Å². The molecule has 1 atom stereocenters. The predicted octanol–water partition coefficient (Wildman–Crippen LogP) is 2.75. The van der Waals surface area contributed by atoms with Crippen molar-refractivity contribution in [1.29, 1.82) is 0 Å². The Morgan fingerprint density at radius 1 is 0.886 bits per heavy atom. The topological polar surface area (TPSA) is 88.5 Å². The summed E-state index contributed by atoms with van der Waals surface area (Å²) in [7, 11) is -3.64. The minimum atomic E-state index is -3.64. The van der Waals surface area contributed by atoms with Crippen molar-refractivity contribution in [2.24, 2.45) is 0 Å². The lowest BCUT2D eigenvalue weighted by atomic mass is 10.1. The SMILES string of the molecule is O=S(=O)(c1ccc2c(c1)OCCCO2)N1CCN(CC(O)COc2ccc3ccccc3c2)CC1. The number of β-amino-alcohol motifs (C(OH)–C–C–N with tert-alkyl or cyclic N) is 1. The van der Waals surface area contributed by atoms with Gasteiger partial charge in [0.2, 0.25) is 10.0 Å². The molecule has 1 saturated heterocycles. The van der Waals surface area contributed by atoms with E-state index in [9.17, 15) is 13.5 Å². The zero-order valence-corrected chi connectivity index (χ0v) is 20.3. The van der Waals surface area contributed by atoms with E-state index >= 15 is 0 Å². The van der Waals surface area contributed by atoms with Crippen LogP contribution in [0, 0.1) is 0 Å². The van der Waals surface area contributed by atoms with Gasteiger partial charge in [-0.15, -0.1) is 0 Å². The van der Waals surface area contributed by atoms with E-state index in [2.05, 4.69) is 4.90 Å². The maximum Gasteiger partial charge on any atom is 0.243 e. The monoisotopic (exact) mass is 498 g/mol. The van der Waals surface area contributed by atoms with E-state index in [1.165, 1.54) is 4.31 Å². The van der Waals surface area contributed by atoms with Gasteiger partial charge in [0.25, 0.3) is 0 Å². The fourth-order valence-corrected chi connectivity index (χ4v) is 5.84. The molecule has 0 radical (unpaired) electrons. The Kier molecular flexibility index (Phi) is 7.10. The van der Waals surface area contributed by atoms with Gasteiger partial charge in [0.15, 0.2) is 11.5 Å². The molecule has 8 nitrogen and oxygen atoms in total. The van der Waals surface area contributed by atoms with Crippen LogP contribution < -0.4 is 14.2 Å². The molecule has 1 N–H and O–H groups in total. The van der Waals surface area contributed by atoms with Gasteiger partial charge >= 0.3 is 0 Å². The number of sulfonamides is 1. The summed E-state index contributed by atoms with van der Waals surface area (Å²) in [6.45, 7) is 3.44. The van der Waals surface area contributed by atoms with Crippen LogP contribution in [-0.4, -0.2) is 81.4 Å². The van der Waals surface area contributed by atoms with E-state index in [0.717, 1.165) is 17.2 Å². The number of benzene rings is 3. The Hall–Kier alpha value is -2.85. The van der Waals surface area contributed by atoms with Gasteiger partial charge in [-0.25, -0.2) is 8.42 Å². The first-order valence-corrected chi connectivity index (χ1v) is 13.3. The molecule has 9 heteroatoms. The molecule has 35 heavy (non-hydrogen) atoms. The van der Waals surface area contributed by atoms with Gasteiger partial charge in [-0.2, -0.15) is 4.31 Å². The van der Waals surface area contributed by atoms with Crippen molar-refractivity contribution in [3.05, 3.63) is 60.7 Å². The minimum absolute atomic E-state index is 0.175. The lowest BCUT2D eigenvalue weighted by molar-refractivity contribution is 0.0569. The van der Waals surface area contributed by atoms with Crippen molar-refractivity contribution < 1.29 is 27.7 Å². The molecule has 2 aliphatic heterocycles. The van der Waals surface area contributed by atoms with E-state index in [1.54, 1.807) is 18.2 Å². The average Bonchev–Trinajstić information content (AvgIpc) is 3.13. The summed E-state index contributed by atoms with van der Waals surface area (Å²) in [5.41, 5.74) is 0. The summed E-state index contributed by atoms with van der Waals surface area (Å²) in [6.07, 6.45) is 0.0871. The minimum Gasteiger partial charge on any atom is -0.491 e. The summed E-state index contributed by atoms with van der Waals surface area (Å²) in [5, 5.41) is 12.7. The fraction of sp³-hybridized carbons (Fsp3) is 0.385. The molecule has 186 valence electrons. The molecule has 3 aromatic carbocycles. The second-order valence-electron chi connectivity index (χ2n) is 8.84. The Morgan fingerprint density at radius 3 is 2.43 bits per heavy atom. The highest BCUT2D eigenvalue weighted by Gasteiger charge is 2.30. The van der Waals surface area contributed by atoms with Crippen molar-refractivity contribution in [2.75, 3.05) is 52.5 Å². The molecule has 0 amide bonds. The van der Waals surface area contributed by atoms with Crippen LogP contribution in [0.2, 0.25) is 0 Å². The maximum atomic E-state index is 13.2. The summed E-state index contributed by atoms with van der Waals surface area (Å²) >= 11 is 0. The van der Waals surface area contributed by atoms with Gasteiger partial charge in [0.05, 0.1) is 18.1 Å². The van der Waals surface area contributed by atoms with Crippen LogP contribution in [0.1, 0.15) is 6.42 Å². The van der Waals surface area contributed by atoms with Crippen LogP contribution in [0.25, 0.3) is 10.8 Å². The number of rotatable bonds is 7. The number of piperazine rings is 1. The molecule has 2 aliphatic rings. The largest absolute Gasteiger partial charge is 0.491 e. The molecule has 2 heterocycles. The first-order valence-electron chi connectivity index (χ1n) is 11.9. The third-order valence-electron chi connectivity index (χ3n) is 6.32. The van der Waals surface area contributed by atoms with E-state index in [4.69, 9.17) is 14.2 Å². The first kappa shape index (κ1) is 23.9. The molecule has 1 unspecified atom stereocenters. The van der Waals surface area contributed by atoms with Crippen molar-refractivity contribution in [1.82, 2.24) is 9.21 Å². The molecule has 5 rings (SSSR count). The number of hydrogen-bond acceptors (Lipinski definition) is 7. The highest BCUT2D eigenvalue weighted by molar-refractivity contribution is 7.89. The zero-order chi connectivity index (χ0) is 24.3. The van der Waals surface area contributed by atoms with E-state index in [-0.39, 0.29) is 11.5 Å². The highest BCUT2D eigenvalue weighted by Crippen LogP contribution is 2.33. The number of hydrogen-bond donors (Lipinski definition) is 1. The number of nitrogens with zero attached hydrogens (tertiary/aromatic N) is 2. The Morgan fingerprint density at radius 2 is 1.63 bits per heavy atom. The van der Waals surface area contributed by atoms with E-state index in [1.807, 2.05) is 42.5 Å². The van der Waals surface area contributed by atoms with Crippen molar-refractivity contribution >= 4 is 20.8 Å². The van der Waals surface area contributed by atoms with Gasteiger partial charge in [-0.05, 0) is 35.0 Å².